The molecule has 0 aromatic heterocycles. The molecule has 1 aromatic carbocycles. The molecule has 0 radical (unpaired) electrons. The van der Waals surface area contributed by atoms with Gasteiger partial charge in [0, 0.05) is 0 Å². The molecule has 36 heavy (non-hydrogen) atoms. The molecule has 198 valence electrons. The summed E-state index contributed by atoms with van der Waals surface area (Å²) in [6.07, 6.45) is 15.7. The third-order valence-corrected chi connectivity index (χ3v) is 11.4. The molecule has 0 bridgehead atoms. The molecule has 4 aliphatic carbocycles. The zero-order valence-corrected chi connectivity index (χ0v) is 23.7. The SMILES string of the molecule is CC(C)CCC[C@@H](C)[C@@H]1CC[C@@H]2C3=C(CC[C@@]21C)[C@]1(C)CC[C@@H](OC(=O)c2ccccc2)C[C@@H]1CC3. The molecule has 4 aliphatic rings. The van der Waals surface area contributed by atoms with Gasteiger partial charge in [-0.3, -0.25) is 0 Å². The van der Waals surface area contributed by atoms with Crippen molar-refractivity contribution in [2.45, 2.75) is 118 Å². The molecule has 0 aliphatic heterocycles. The van der Waals surface area contributed by atoms with Crippen LogP contribution < -0.4 is 0 Å². The van der Waals surface area contributed by atoms with Crippen LogP contribution in [0.3, 0.4) is 0 Å². The second-order valence-electron chi connectivity index (χ2n) is 13.9. The molecule has 7 atom stereocenters. The summed E-state index contributed by atoms with van der Waals surface area (Å²) in [5.74, 6) is 3.94. The molecular formula is C34H50O2. The molecule has 2 heteroatoms. The van der Waals surface area contributed by atoms with E-state index in [2.05, 4.69) is 34.6 Å². The Morgan fingerprint density at radius 2 is 1.75 bits per heavy atom. The Morgan fingerprint density at radius 1 is 0.972 bits per heavy atom. The van der Waals surface area contributed by atoms with Crippen LogP contribution in [0.2, 0.25) is 0 Å². The normalized spacial score (nSPS) is 36.7. The lowest BCUT2D eigenvalue weighted by Gasteiger charge is -2.55. The smallest absolute Gasteiger partial charge is 0.338 e. The fourth-order valence-corrected chi connectivity index (χ4v) is 9.35. The minimum atomic E-state index is -0.145. The minimum absolute atomic E-state index is 0.0781. The highest BCUT2D eigenvalue weighted by Gasteiger charge is 2.56. The topological polar surface area (TPSA) is 26.3 Å². The maximum atomic E-state index is 12.7. The van der Waals surface area contributed by atoms with Crippen LogP contribution in [0.5, 0.6) is 0 Å². The van der Waals surface area contributed by atoms with Gasteiger partial charge in [-0.25, -0.2) is 4.79 Å². The van der Waals surface area contributed by atoms with E-state index in [0.29, 0.717) is 22.3 Å². The van der Waals surface area contributed by atoms with E-state index in [1.165, 1.54) is 64.2 Å². The highest BCUT2D eigenvalue weighted by atomic mass is 16.5. The standard InChI is InChI=1S/C34H50O2/c1-23(2)10-9-11-24(3)29-16-17-30-28-15-14-26-22-27(36-32(35)25-12-7-6-8-13-25)18-20-33(26,4)31(28)19-21-34(29,30)5/h6-8,12-13,23-24,26-27,29-30H,9-11,14-22H2,1-5H3/t24-,26+,27-,29+,30-,33-,34-/m1/s1. The monoisotopic (exact) mass is 490 g/mol. The van der Waals surface area contributed by atoms with Gasteiger partial charge in [-0.2, -0.15) is 0 Å². The van der Waals surface area contributed by atoms with Crippen LogP contribution >= 0.6 is 0 Å². The Morgan fingerprint density at radius 3 is 2.50 bits per heavy atom. The molecule has 0 unspecified atom stereocenters. The Balaban J connectivity index is 1.27. The molecule has 2 fully saturated rings. The number of allylic oxidation sites excluding steroid dienone is 2. The van der Waals surface area contributed by atoms with Gasteiger partial charge in [0.2, 0.25) is 0 Å². The summed E-state index contributed by atoms with van der Waals surface area (Å²) in [5.41, 5.74) is 5.26. The average Bonchev–Trinajstić information content (AvgIpc) is 3.22. The first kappa shape index (κ1) is 26.1. The van der Waals surface area contributed by atoms with E-state index in [4.69, 9.17) is 4.74 Å². The van der Waals surface area contributed by atoms with E-state index in [1.54, 1.807) is 0 Å². The Bertz CT molecular complexity index is 961. The predicted molar refractivity (Wildman–Crippen MR) is 149 cm³/mol. The number of carbonyl (C=O) groups excluding carboxylic acids is 1. The Kier molecular flexibility index (Phi) is 7.45. The van der Waals surface area contributed by atoms with Gasteiger partial charge >= 0.3 is 5.97 Å². The minimum Gasteiger partial charge on any atom is -0.459 e. The molecule has 0 N–H and O–H groups in total. The third kappa shape index (κ3) is 4.71. The van der Waals surface area contributed by atoms with E-state index in [9.17, 15) is 4.79 Å². The van der Waals surface area contributed by atoms with Crippen LogP contribution in [0.25, 0.3) is 0 Å². The van der Waals surface area contributed by atoms with Crippen molar-refractivity contribution in [3.63, 3.8) is 0 Å². The van der Waals surface area contributed by atoms with Crippen LogP contribution in [0.4, 0.5) is 0 Å². The lowest BCUT2D eigenvalue weighted by molar-refractivity contribution is -0.0157. The quantitative estimate of drug-likeness (QED) is 0.281. The third-order valence-electron chi connectivity index (χ3n) is 11.4. The molecule has 1 aromatic rings. The Labute approximate surface area is 220 Å². The van der Waals surface area contributed by atoms with Gasteiger partial charge in [0.1, 0.15) is 6.10 Å². The summed E-state index contributed by atoms with van der Waals surface area (Å²) >= 11 is 0. The molecular weight excluding hydrogens is 440 g/mol. The Hall–Kier alpha value is -1.57. The highest BCUT2D eigenvalue weighted by Crippen LogP contribution is 2.66. The number of esters is 1. The fourth-order valence-electron chi connectivity index (χ4n) is 9.35. The van der Waals surface area contributed by atoms with Crippen LogP contribution in [0.15, 0.2) is 41.5 Å². The summed E-state index contributed by atoms with van der Waals surface area (Å²) in [7, 11) is 0. The molecule has 2 nitrogen and oxygen atoms in total. The van der Waals surface area contributed by atoms with Crippen molar-refractivity contribution in [3.05, 3.63) is 47.0 Å². The van der Waals surface area contributed by atoms with Crippen molar-refractivity contribution in [2.24, 2.45) is 40.4 Å². The number of hydrogen-bond donors (Lipinski definition) is 0. The van der Waals surface area contributed by atoms with E-state index in [1.807, 2.05) is 41.5 Å². The zero-order chi connectivity index (χ0) is 25.5. The molecule has 2 saturated carbocycles. The number of hydrogen-bond acceptors (Lipinski definition) is 2. The summed E-state index contributed by atoms with van der Waals surface area (Å²) in [6.45, 7) is 12.5. The lowest BCUT2D eigenvalue weighted by Crippen LogP contribution is -2.46. The van der Waals surface area contributed by atoms with E-state index in [-0.39, 0.29) is 12.1 Å². The van der Waals surface area contributed by atoms with E-state index >= 15 is 0 Å². The number of carbonyl (C=O) groups is 1. The predicted octanol–water partition coefficient (Wildman–Crippen LogP) is 9.40. The molecule has 0 amide bonds. The van der Waals surface area contributed by atoms with Gasteiger partial charge in [0.05, 0.1) is 5.56 Å². The fraction of sp³-hybridized carbons (Fsp3) is 0.735. The van der Waals surface area contributed by atoms with Crippen molar-refractivity contribution in [2.75, 3.05) is 0 Å². The van der Waals surface area contributed by atoms with Gasteiger partial charge in [0.15, 0.2) is 0 Å². The van der Waals surface area contributed by atoms with Gasteiger partial charge in [-0.15, -0.1) is 0 Å². The van der Waals surface area contributed by atoms with Crippen LogP contribution in [-0.4, -0.2) is 12.1 Å². The van der Waals surface area contributed by atoms with Crippen LogP contribution in [0, 0.1) is 40.4 Å². The number of benzene rings is 1. The largest absolute Gasteiger partial charge is 0.459 e. The molecule has 0 saturated heterocycles. The van der Waals surface area contributed by atoms with Gasteiger partial charge < -0.3 is 4.74 Å². The first-order valence-corrected chi connectivity index (χ1v) is 15.2. The molecule has 0 spiro atoms. The van der Waals surface area contributed by atoms with Gasteiger partial charge in [0.25, 0.3) is 0 Å². The van der Waals surface area contributed by atoms with Crippen LogP contribution in [0.1, 0.15) is 122 Å². The first-order chi connectivity index (χ1) is 17.2. The average molecular weight is 491 g/mol. The van der Waals surface area contributed by atoms with Crippen molar-refractivity contribution >= 4 is 5.97 Å². The van der Waals surface area contributed by atoms with E-state index in [0.717, 1.165) is 36.5 Å². The summed E-state index contributed by atoms with van der Waals surface area (Å²) in [6, 6.07) is 9.52. The molecule has 0 heterocycles. The van der Waals surface area contributed by atoms with Gasteiger partial charge in [-0.1, -0.05) is 83.2 Å². The number of rotatable bonds is 7. The summed E-state index contributed by atoms with van der Waals surface area (Å²) in [4.78, 5) is 12.7. The molecule has 5 rings (SSSR count). The first-order valence-electron chi connectivity index (χ1n) is 15.2. The van der Waals surface area contributed by atoms with Crippen molar-refractivity contribution < 1.29 is 9.53 Å². The zero-order valence-electron chi connectivity index (χ0n) is 23.7. The van der Waals surface area contributed by atoms with Crippen molar-refractivity contribution in [3.8, 4) is 0 Å². The van der Waals surface area contributed by atoms with Crippen LogP contribution in [-0.2, 0) is 4.74 Å². The summed E-state index contributed by atoms with van der Waals surface area (Å²) < 4.78 is 6.03. The second-order valence-corrected chi connectivity index (χ2v) is 13.9. The van der Waals surface area contributed by atoms with E-state index < -0.39 is 0 Å². The van der Waals surface area contributed by atoms with Crippen molar-refractivity contribution in [1.29, 1.82) is 0 Å². The highest BCUT2D eigenvalue weighted by molar-refractivity contribution is 5.89. The number of fused-ring (bicyclic) bond motifs is 4. The maximum Gasteiger partial charge on any atom is 0.338 e. The summed E-state index contributed by atoms with van der Waals surface area (Å²) in [5, 5.41) is 0. The van der Waals surface area contributed by atoms with Gasteiger partial charge in [-0.05, 0) is 110 Å². The van der Waals surface area contributed by atoms with Crippen molar-refractivity contribution in [1.82, 2.24) is 0 Å². The number of ether oxygens (including phenoxy) is 1. The lowest BCUT2D eigenvalue weighted by atomic mass is 9.50. The maximum absolute atomic E-state index is 12.7. The second kappa shape index (κ2) is 10.3.